The van der Waals surface area contributed by atoms with Gasteiger partial charge in [-0.25, -0.2) is 0 Å². The first-order valence-electron chi connectivity index (χ1n) is 30.6. The topological polar surface area (TPSA) is 78.9 Å². The number of ether oxygens (including phenoxy) is 3. The minimum Gasteiger partial charge on any atom is -0.462 e. The van der Waals surface area contributed by atoms with Crippen molar-refractivity contribution in [2.75, 3.05) is 13.2 Å². The lowest BCUT2D eigenvalue weighted by Crippen LogP contribution is -2.30. The standard InChI is InChI=1S/C73H108O6/c1-4-7-10-13-16-19-22-25-28-30-31-32-33-34-35-36-37-38-39-40-41-43-45-48-51-54-57-60-63-66-72(75)78-69-70(68-77-71(74)65-62-59-56-53-50-47-44-27-24-21-18-15-12-9-6-3)79-73(76)67-64-61-58-55-52-49-46-42-29-26-23-20-17-14-11-8-5-2/h7-12,16-21,25-29,31-32,34-35,37-38,40-41,44-46,48-50,53-54,57,70H,4-6,13-15,22-24,30,33,36,39,42-43,47,51-52,55-56,58-69H2,1-3H3/b10-7-,11-8-,12-9-,19-16-,20-17-,21-18-,28-25-,29-26-,32-31-,35-34-,38-37-,41-40-,44-27-,48-45-,49-46-,53-50-,57-54-. The highest BCUT2D eigenvalue weighted by molar-refractivity contribution is 5.71. The summed E-state index contributed by atoms with van der Waals surface area (Å²) in [5, 5.41) is 0. The smallest absolute Gasteiger partial charge is 0.306 e. The fourth-order valence-corrected chi connectivity index (χ4v) is 7.31. The first kappa shape index (κ1) is 73.0. The van der Waals surface area contributed by atoms with Crippen molar-refractivity contribution in [2.45, 2.75) is 219 Å². The van der Waals surface area contributed by atoms with Gasteiger partial charge in [-0.15, -0.1) is 0 Å². The van der Waals surface area contributed by atoms with E-state index in [1.165, 1.54) is 0 Å². The summed E-state index contributed by atoms with van der Waals surface area (Å²) in [6.07, 6.45) is 99.8. The van der Waals surface area contributed by atoms with E-state index in [1.54, 1.807) is 0 Å². The third-order valence-electron chi connectivity index (χ3n) is 11.8. The molecule has 0 aliphatic heterocycles. The van der Waals surface area contributed by atoms with E-state index < -0.39 is 6.10 Å². The Morgan fingerprint density at radius 1 is 0.253 bits per heavy atom. The van der Waals surface area contributed by atoms with Crippen molar-refractivity contribution < 1.29 is 28.6 Å². The Kier molecular flexibility index (Phi) is 59.6. The molecule has 0 heterocycles. The first-order valence-corrected chi connectivity index (χ1v) is 30.6. The van der Waals surface area contributed by atoms with Gasteiger partial charge in [-0.2, -0.15) is 0 Å². The monoisotopic (exact) mass is 1080 g/mol. The molecule has 6 nitrogen and oxygen atoms in total. The van der Waals surface area contributed by atoms with E-state index in [-0.39, 0.29) is 50.4 Å². The predicted octanol–water partition coefficient (Wildman–Crippen LogP) is 21.2. The first-order chi connectivity index (χ1) is 39.0. The van der Waals surface area contributed by atoms with Gasteiger partial charge < -0.3 is 14.2 Å². The zero-order valence-electron chi connectivity index (χ0n) is 49.8. The third kappa shape index (κ3) is 62.7. The normalized spacial score (nSPS) is 13.6. The highest BCUT2D eigenvalue weighted by atomic mass is 16.6. The van der Waals surface area contributed by atoms with Crippen LogP contribution in [0.4, 0.5) is 0 Å². The van der Waals surface area contributed by atoms with Crippen LogP contribution in [0.2, 0.25) is 0 Å². The second-order valence-corrected chi connectivity index (χ2v) is 19.1. The molecule has 0 spiro atoms. The molecular formula is C73H108O6. The van der Waals surface area contributed by atoms with Gasteiger partial charge in [0.2, 0.25) is 0 Å². The van der Waals surface area contributed by atoms with Crippen molar-refractivity contribution in [3.63, 3.8) is 0 Å². The Labute approximate surface area is 483 Å². The second-order valence-electron chi connectivity index (χ2n) is 19.1. The average Bonchev–Trinajstić information content (AvgIpc) is 3.45. The van der Waals surface area contributed by atoms with Crippen LogP contribution < -0.4 is 0 Å². The zero-order chi connectivity index (χ0) is 57.1. The van der Waals surface area contributed by atoms with Crippen molar-refractivity contribution in [1.29, 1.82) is 0 Å². The lowest BCUT2D eigenvalue weighted by Gasteiger charge is -2.18. The van der Waals surface area contributed by atoms with Crippen LogP contribution in [0.25, 0.3) is 0 Å². The average molecular weight is 1080 g/mol. The molecule has 1 atom stereocenters. The molecule has 79 heavy (non-hydrogen) atoms. The summed E-state index contributed by atoms with van der Waals surface area (Å²) in [7, 11) is 0. The van der Waals surface area contributed by atoms with Crippen LogP contribution >= 0.6 is 0 Å². The molecule has 0 saturated heterocycles. The van der Waals surface area contributed by atoms with E-state index in [9.17, 15) is 14.4 Å². The number of esters is 3. The molecule has 0 aliphatic carbocycles. The molecule has 0 aromatic rings. The lowest BCUT2D eigenvalue weighted by molar-refractivity contribution is -0.167. The van der Waals surface area contributed by atoms with Gasteiger partial charge >= 0.3 is 17.9 Å². The zero-order valence-corrected chi connectivity index (χ0v) is 49.8. The molecule has 0 amide bonds. The number of carbonyl (C=O) groups is 3. The molecule has 0 N–H and O–H groups in total. The molecule has 0 radical (unpaired) electrons. The van der Waals surface area contributed by atoms with Crippen molar-refractivity contribution in [1.82, 2.24) is 0 Å². The Balaban J connectivity index is 4.57. The Morgan fingerprint density at radius 3 is 0.772 bits per heavy atom. The van der Waals surface area contributed by atoms with Crippen LogP contribution in [-0.2, 0) is 28.6 Å². The molecule has 0 fully saturated rings. The number of allylic oxidation sites excluding steroid dienone is 34. The van der Waals surface area contributed by atoms with E-state index in [0.717, 1.165) is 154 Å². The SMILES string of the molecule is CC/C=C\C/C=C\C/C=C\C/C=C\C/C=C\C/C=C\C/C=C\C/C=C\C/C=C\CCCC(=O)OCC(COC(=O)CCCC/C=C\C/C=C\C/C=C\C/C=C\CC)OC(=O)CCCCCC/C=C\C/C=C\C/C=C\C/C=C\CC. The van der Waals surface area contributed by atoms with Gasteiger partial charge in [0.1, 0.15) is 13.2 Å². The largest absolute Gasteiger partial charge is 0.462 e. The summed E-state index contributed by atoms with van der Waals surface area (Å²) in [6.45, 7) is 6.16. The summed E-state index contributed by atoms with van der Waals surface area (Å²) in [5.41, 5.74) is 0. The van der Waals surface area contributed by atoms with Crippen LogP contribution in [0, 0.1) is 0 Å². The molecule has 1 unspecified atom stereocenters. The Morgan fingerprint density at radius 2 is 0.468 bits per heavy atom. The fraction of sp³-hybridized carbons (Fsp3) is 0.493. The van der Waals surface area contributed by atoms with Gasteiger partial charge in [-0.3, -0.25) is 14.4 Å². The maximum atomic E-state index is 12.9. The molecule has 0 aliphatic rings. The number of carbonyl (C=O) groups excluding carboxylic acids is 3. The van der Waals surface area contributed by atoms with Gasteiger partial charge in [0.25, 0.3) is 0 Å². The van der Waals surface area contributed by atoms with Gasteiger partial charge in [-0.1, -0.05) is 240 Å². The summed E-state index contributed by atoms with van der Waals surface area (Å²) in [6, 6.07) is 0. The van der Waals surface area contributed by atoms with E-state index >= 15 is 0 Å². The van der Waals surface area contributed by atoms with Crippen molar-refractivity contribution in [3.8, 4) is 0 Å². The van der Waals surface area contributed by atoms with Crippen molar-refractivity contribution >= 4 is 17.9 Å². The van der Waals surface area contributed by atoms with Gasteiger partial charge in [0, 0.05) is 19.3 Å². The van der Waals surface area contributed by atoms with Crippen LogP contribution in [0.1, 0.15) is 213 Å². The molecular weight excluding hydrogens is 973 g/mol. The number of hydrogen-bond donors (Lipinski definition) is 0. The molecule has 0 aromatic heterocycles. The minimum absolute atomic E-state index is 0.140. The van der Waals surface area contributed by atoms with Crippen LogP contribution in [0.3, 0.4) is 0 Å². The van der Waals surface area contributed by atoms with Crippen LogP contribution in [-0.4, -0.2) is 37.2 Å². The highest BCUT2D eigenvalue weighted by Crippen LogP contribution is 2.11. The number of hydrogen-bond acceptors (Lipinski definition) is 6. The predicted molar refractivity (Wildman–Crippen MR) is 343 cm³/mol. The van der Waals surface area contributed by atoms with Crippen molar-refractivity contribution in [3.05, 3.63) is 207 Å². The summed E-state index contributed by atoms with van der Waals surface area (Å²) >= 11 is 0. The fourth-order valence-electron chi connectivity index (χ4n) is 7.31. The highest BCUT2D eigenvalue weighted by Gasteiger charge is 2.19. The molecule has 0 aromatic carbocycles. The number of rotatable bonds is 52. The molecule has 0 bridgehead atoms. The Bertz CT molecular complexity index is 1960. The maximum absolute atomic E-state index is 12.9. The van der Waals surface area contributed by atoms with Gasteiger partial charge in [0.15, 0.2) is 6.10 Å². The summed E-state index contributed by atoms with van der Waals surface area (Å²) in [5.74, 6) is -1.08. The third-order valence-corrected chi connectivity index (χ3v) is 11.8. The quantitative estimate of drug-likeness (QED) is 0.0261. The van der Waals surface area contributed by atoms with E-state index in [4.69, 9.17) is 14.2 Å². The molecule has 6 heteroatoms. The molecule has 436 valence electrons. The van der Waals surface area contributed by atoms with Gasteiger partial charge in [0.05, 0.1) is 0 Å². The van der Waals surface area contributed by atoms with Crippen molar-refractivity contribution in [2.24, 2.45) is 0 Å². The lowest BCUT2D eigenvalue weighted by atomic mass is 10.1. The Hall–Kier alpha value is -6.01. The summed E-state index contributed by atoms with van der Waals surface area (Å²) < 4.78 is 16.8. The minimum atomic E-state index is -0.846. The van der Waals surface area contributed by atoms with Gasteiger partial charge in [-0.05, 0) is 161 Å². The van der Waals surface area contributed by atoms with E-state index in [2.05, 4.69) is 227 Å². The van der Waals surface area contributed by atoms with E-state index in [0.29, 0.717) is 19.3 Å². The summed E-state index contributed by atoms with van der Waals surface area (Å²) in [4.78, 5) is 38.2. The van der Waals surface area contributed by atoms with E-state index in [1.807, 2.05) is 0 Å². The second kappa shape index (κ2) is 64.5. The maximum Gasteiger partial charge on any atom is 0.306 e. The van der Waals surface area contributed by atoms with Crippen LogP contribution in [0.15, 0.2) is 207 Å². The van der Waals surface area contributed by atoms with Crippen LogP contribution in [0.5, 0.6) is 0 Å². The number of unbranched alkanes of at least 4 members (excludes halogenated alkanes) is 7. The molecule has 0 rings (SSSR count). The molecule has 0 saturated carbocycles.